The number of nitrogen functional groups attached to an aromatic ring is 1. The number of halogens is 1. The molecule has 0 spiro atoms. The SMILES string of the molecule is CCOc1nc(N)nc2c1ncn2[C@@H]1O[C@@H]2CO[P@](=O)(OCCCC(=O)OC(C)C)O[C@H]2[C@@]1(C)Cl. The number of carbonyl (C=O) groups is 1. The third-order valence-corrected chi connectivity index (χ3v) is 7.25. The summed E-state index contributed by atoms with van der Waals surface area (Å²) in [6, 6.07) is 0. The number of aromatic nitrogens is 4. The van der Waals surface area contributed by atoms with Crippen LogP contribution in [0.1, 0.15) is 46.8 Å². The molecule has 13 nitrogen and oxygen atoms in total. The van der Waals surface area contributed by atoms with Crippen molar-refractivity contribution >= 4 is 42.5 Å². The van der Waals surface area contributed by atoms with Gasteiger partial charge in [-0.1, -0.05) is 0 Å². The van der Waals surface area contributed by atoms with E-state index in [1.165, 1.54) is 6.33 Å². The summed E-state index contributed by atoms with van der Waals surface area (Å²) in [5.41, 5.74) is 6.62. The van der Waals surface area contributed by atoms with Gasteiger partial charge in [0.1, 0.15) is 17.1 Å². The largest absolute Gasteiger partial charge is 0.476 e. The van der Waals surface area contributed by atoms with E-state index in [0.29, 0.717) is 17.8 Å². The van der Waals surface area contributed by atoms with Gasteiger partial charge in [-0.15, -0.1) is 11.6 Å². The molecule has 4 rings (SSSR count). The lowest BCUT2D eigenvalue weighted by Gasteiger charge is -2.34. The van der Waals surface area contributed by atoms with Crippen LogP contribution in [0, 0.1) is 0 Å². The quantitative estimate of drug-likeness (QED) is 0.217. The second-order valence-electron chi connectivity index (χ2n) is 8.57. The number of rotatable bonds is 9. The van der Waals surface area contributed by atoms with Crippen LogP contribution < -0.4 is 10.5 Å². The number of fused-ring (bicyclic) bond motifs is 2. The van der Waals surface area contributed by atoms with E-state index >= 15 is 0 Å². The summed E-state index contributed by atoms with van der Waals surface area (Å²) in [5.74, 6) is -0.114. The van der Waals surface area contributed by atoms with Crippen LogP contribution in [0.4, 0.5) is 5.95 Å². The van der Waals surface area contributed by atoms with Crippen molar-refractivity contribution in [1.82, 2.24) is 19.5 Å². The zero-order valence-electron chi connectivity index (χ0n) is 19.9. The van der Waals surface area contributed by atoms with Gasteiger partial charge in [0.05, 0.1) is 32.3 Å². The lowest BCUT2D eigenvalue weighted by atomic mass is 10.0. The van der Waals surface area contributed by atoms with Crippen LogP contribution in [-0.4, -0.2) is 68.5 Å². The first-order chi connectivity index (χ1) is 16.5. The molecule has 0 unspecified atom stereocenters. The van der Waals surface area contributed by atoms with Crippen molar-refractivity contribution in [2.45, 2.75) is 70.0 Å². The minimum absolute atomic E-state index is 0.00384. The van der Waals surface area contributed by atoms with Crippen LogP contribution in [0.2, 0.25) is 0 Å². The van der Waals surface area contributed by atoms with Gasteiger partial charge in [0.2, 0.25) is 11.8 Å². The number of nitrogens with zero attached hydrogens (tertiary/aromatic N) is 4. The summed E-state index contributed by atoms with van der Waals surface area (Å²) in [4.78, 5) is 23.2. The summed E-state index contributed by atoms with van der Waals surface area (Å²) in [5, 5.41) is 0. The molecule has 2 aliphatic rings. The molecule has 0 amide bonds. The fraction of sp³-hybridized carbons (Fsp3) is 0.700. The zero-order valence-corrected chi connectivity index (χ0v) is 21.5. The number of phosphoric ester groups is 1. The first kappa shape index (κ1) is 26.1. The fourth-order valence-corrected chi connectivity index (χ4v) is 5.86. The number of hydrogen-bond acceptors (Lipinski definition) is 12. The number of nitrogens with two attached hydrogens (primary N) is 1. The van der Waals surface area contributed by atoms with Gasteiger partial charge in [-0.25, -0.2) is 9.55 Å². The van der Waals surface area contributed by atoms with Crippen LogP contribution in [0.3, 0.4) is 0 Å². The van der Waals surface area contributed by atoms with Crippen molar-refractivity contribution in [2.24, 2.45) is 0 Å². The molecule has 2 fully saturated rings. The molecule has 2 N–H and O–H groups in total. The van der Waals surface area contributed by atoms with E-state index in [0.717, 1.165) is 0 Å². The minimum Gasteiger partial charge on any atom is -0.476 e. The molecule has 0 aromatic carbocycles. The van der Waals surface area contributed by atoms with Crippen molar-refractivity contribution in [3.05, 3.63) is 6.33 Å². The second kappa shape index (κ2) is 10.2. The Bertz CT molecular complexity index is 1130. The molecule has 5 atom stereocenters. The number of phosphoric acid groups is 1. The van der Waals surface area contributed by atoms with Gasteiger partial charge in [-0.3, -0.25) is 22.9 Å². The highest BCUT2D eigenvalue weighted by atomic mass is 35.5. The summed E-state index contributed by atoms with van der Waals surface area (Å²) in [6.45, 7) is 7.32. The van der Waals surface area contributed by atoms with E-state index in [1.54, 1.807) is 25.3 Å². The average molecular weight is 534 g/mol. The zero-order chi connectivity index (χ0) is 25.4. The molecule has 2 aromatic heterocycles. The molecule has 0 aliphatic carbocycles. The lowest BCUT2D eigenvalue weighted by molar-refractivity contribution is -0.147. The normalized spacial score (nSPS) is 30.5. The first-order valence-corrected chi connectivity index (χ1v) is 13.1. The van der Waals surface area contributed by atoms with Crippen LogP contribution in [0.15, 0.2) is 6.33 Å². The van der Waals surface area contributed by atoms with Gasteiger partial charge in [0.15, 0.2) is 17.4 Å². The molecule has 15 heteroatoms. The Morgan fingerprint density at radius 3 is 2.91 bits per heavy atom. The van der Waals surface area contributed by atoms with Gasteiger partial charge in [-0.05, 0) is 34.1 Å². The Kier molecular flexibility index (Phi) is 7.56. The van der Waals surface area contributed by atoms with Crippen molar-refractivity contribution in [2.75, 3.05) is 25.6 Å². The lowest BCUT2D eigenvalue weighted by Crippen LogP contribution is -2.44. The molecular weight excluding hydrogens is 505 g/mol. The molecule has 194 valence electrons. The fourth-order valence-electron chi connectivity index (χ4n) is 3.94. The van der Waals surface area contributed by atoms with E-state index in [4.69, 9.17) is 45.1 Å². The van der Waals surface area contributed by atoms with Crippen LogP contribution in [0.5, 0.6) is 5.88 Å². The molecular formula is C20H29ClN5O8P. The molecule has 0 bridgehead atoms. The van der Waals surface area contributed by atoms with Gasteiger partial charge >= 0.3 is 13.8 Å². The topological polar surface area (TPSA) is 159 Å². The molecule has 0 saturated carbocycles. The second-order valence-corrected chi connectivity index (χ2v) is 11.0. The molecule has 2 saturated heterocycles. The maximum atomic E-state index is 13.1. The standard InChI is InChI=1S/C20H29ClN5O8P/c1-5-29-17-14-16(24-19(22)25-17)26(10-23-14)18-20(4,21)15-12(33-18)9-31-35(28,34-15)30-8-6-7-13(27)32-11(2)3/h10-12,15,18H,5-9H2,1-4H3,(H2,22,24,25)/t12-,15-,18-,20-,35+/m1/s1. The third-order valence-electron chi connectivity index (χ3n) is 5.40. The van der Waals surface area contributed by atoms with E-state index in [1.807, 2.05) is 6.92 Å². The predicted octanol–water partition coefficient (Wildman–Crippen LogP) is 2.97. The highest BCUT2D eigenvalue weighted by molar-refractivity contribution is 7.48. The van der Waals surface area contributed by atoms with Gasteiger partial charge < -0.3 is 19.9 Å². The number of carbonyl (C=O) groups excluding carboxylic acids is 1. The number of ether oxygens (including phenoxy) is 3. The monoisotopic (exact) mass is 533 g/mol. The Balaban J connectivity index is 1.47. The van der Waals surface area contributed by atoms with E-state index in [9.17, 15) is 9.36 Å². The number of alkyl halides is 1. The van der Waals surface area contributed by atoms with Crippen LogP contribution >= 0.6 is 19.4 Å². The summed E-state index contributed by atoms with van der Waals surface area (Å²) in [7, 11) is -3.93. The number of hydrogen-bond donors (Lipinski definition) is 1. The Hall–Kier alpha value is -2.02. The van der Waals surface area contributed by atoms with Gasteiger partial charge in [-0.2, -0.15) is 9.97 Å². The van der Waals surface area contributed by atoms with E-state index < -0.39 is 31.1 Å². The summed E-state index contributed by atoms with van der Waals surface area (Å²) < 4.78 is 47.9. The van der Waals surface area contributed by atoms with Crippen molar-refractivity contribution in [3.8, 4) is 5.88 Å². The number of anilines is 1. The molecule has 4 heterocycles. The molecule has 35 heavy (non-hydrogen) atoms. The van der Waals surface area contributed by atoms with E-state index in [2.05, 4.69) is 15.0 Å². The number of imidazole rings is 1. The van der Waals surface area contributed by atoms with Crippen LogP contribution in [-0.2, 0) is 32.4 Å². The smallest absolute Gasteiger partial charge is 0.475 e. The third kappa shape index (κ3) is 5.40. The highest BCUT2D eigenvalue weighted by Gasteiger charge is 2.60. The Labute approximate surface area is 207 Å². The molecule has 0 radical (unpaired) electrons. The Morgan fingerprint density at radius 2 is 2.20 bits per heavy atom. The highest BCUT2D eigenvalue weighted by Crippen LogP contribution is 2.60. The van der Waals surface area contributed by atoms with E-state index in [-0.39, 0.29) is 50.0 Å². The van der Waals surface area contributed by atoms with Gasteiger partial charge in [0.25, 0.3) is 0 Å². The first-order valence-electron chi connectivity index (χ1n) is 11.3. The van der Waals surface area contributed by atoms with Crippen molar-refractivity contribution in [1.29, 1.82) is 0 Å². The predicted molar refractivity (Wildman–Crippen MR) is 124 cm³/mol. The molecule has 2 aliphatic heterocycles. The minimum atomic E-state index is -3.93. The van der Waals surface area contributed by atoms with Crippen molar-refractivity contribution in [3.63, 3.8) is 0 Å². The number of esters is 1. The summed E-state index contributed by atoms with van der Waals surface area (Å²) in [6.07, 6.45) is -0.574. The Morgan fingerprint density at radius 1 is 1.43 bits per heavy atom. The summed E-state index contributed by atoms with van der Waals surface area (Å²) >= 11 is 6.92. The molecule has 2 aromatic rings. The van der Waals surface area contributed by atoms with Crippen molar-refractivity contribution < 1.29 is 37.1 Å². The maximum Gasteiger partial charge on any atom is 0.475 e. The maximum absolute atomic E-state index is 13.1. The van der Waals surface area contributed by atoms with Gasteiger partial charge in [0, 0.05) is 6.42 Å². The van der Waals surface area contributed by atoms with Crippen LogP contribution in [0.25, 0.3) is 11.2 Å². The average Bonchev–Trinajstić information content (AvgIpc) is 3.29.